The van der Waals surface area contributed by atoms with Gasteiger partial charge in [0.15, 0.2) is 0 Å². The fourth-order valence-corrected chi connectivity index (χ4v) is 3.87. The first kappa shape index (κ1) is 19.5. The second-order valence-electron chi connectivity index (χ2n) is 7.40. The number of nitrogens with zero attached hydrogens (tertiary/aromatic N) is 3. The molecule has 152 valence electrons. The highest BCUT2D eigenvalue weighted by molar-refractivity contribution is 5.98. The van der Waals surface area contributed by atoms with Crippen LogP contribution >= 0.6 is 0 Å². The van der Waals surface area contributed by atoms with E-state index in [1.165, 1.54) is 5.56 Å². The number of para-hydroxylation sites is 1. The number of carbonyl (C=O) groups excluding carboxylic acids is 1. The molecule has 1 aromatic heterocycles. The van der Waals surface area contributed by atoms with Crippen LogP contribution in [0.15, 0.2) is 54.6 Å². The summed E-state index contributed by atoms with van der Waals surface area (Å²) in [7, 11) is 1.95. The number of benzene rings is 2. The van der Waals surface area contributed by atoms with E-state index in [0.717, 1.165) is 49.3 Å². The quantitative estimate of drug-likeness (QED) is 0.641. The van der Waals surface area contributed by atoms with Crippen molar-refractivity contribution in [3.8, 4) is 5.75 Å². The van der Waals surface area contributed by atoms with Gasteiger partial charge in [0, 0.05) is 50.7 Å². The third-order valence-corrected chi connectivity index (χ3v) is 5.51. The third kappa shape index (κ3) is 4.27. The number of aromatic nitrogens is 1. The minimum Gasteiger partial charge on any atom is -0.491 e. The molecule has 4 rings (SSSR count). The van der Waals surface area contributed by atoms with Gasteiger partial charge in [0.25, 0.3) is 5.91 Å². The molecular weight excluding hydrogens is 369 g/mol. The Morgan fingerprint density at radius 3 is 2.45 bits per heavy atom. The Morgan fingerprint density at radius 2 is 1.76 bits per heavy atom. The number of hydrogen-bond acceptors (Lipinski definition) is 3. The smallest absolute Gasteiger partial charge is 0.270 e. The molecule has 0 atom stereocenters. The van der Waals surface area contributed by atoms with E-state index in [4.69, 9.17) is 4.74 Å². The normalized spacial score (nSPS) is 15.0. The zero-order valence-corrected chi connectivity index (χ0v) is 16.7. The summed E-state index contributed by atoms with van der Waals surface area (Å²) < 4.78 is 19.4. The number of hydrogen-bond donors (Lipinski definition) is 0. The summed E-state index contributed by atoms with van der Waals surface area (Å²) in [6.45, 7) is 3.57. The van der Waals surface area contributed by atoms with Gasteiger partial charge >= 0.3 is 0 Å². The molecule has 0 radical (unpaired) electrons. The fourth-order valence-electron chi connectivity index (χ4n) is 3.87. The number of piperazine rings is 1. The molecule has 3 aromatic rings. The SMILES string of the molecule is Cn1c(C(=O)N2CCN(Cc3ccc(OCCF)cc3)CC2)cc2ccccc21. The Labute approximate surface area is 170 Å². The monoisotopic (exact) mass is 395 g/mol. The maximum Gasteiger partial charge on any atom is 0.270 e. The van der Waals surface area contributed by atoms with E-state index in [0.29, 0.717) is 5.75 Å². The molecule has 5 nitrogen and oxygen atoms in total. The number of amides is 1. The molecule has 0 bridgehead atoms. The lowest BCUT2D eigenvalue weighted by Crippen LogP contribution is -2.48. The second kappa shape index (κ2) is 8.66. The molecule has 1 aliphatic rings. The van der Waals surface area contributed by atoms with Crippen LogP contribution in [0.5, 0.6) is 5.75 Å². The molecule has 6 heteroatoms. The number of alkyl halides is 1. The number of rotatable bonds is 6. The van der Waals surface area contributed by atoms with Gasteiger partial charge in [0.2, 0.25) is 0 Å². The summed E-state index contributed by atoms with van der Waals surface area (Å²) in [6.07, 6.45) is 0. The lowest BCUT2D eigenvalue weighted by molar-refractivity contribution is 0.0619. The number of fused-ring (bicyclic) bond motifs is 1. The Hall–Kier alpha value is -2.86. The van der Waals surface area contributed by atoms with Crippen LogP contribution in [0, 0.1) is 0 Å². The van der Waals surface area contributed by atoms with Gasteiger partial charge in [-0.25, -0.2) is 4.39 Å². The summed E-state index contributed by atoms with van der Waals surface area (Å²) in [5.41, 5.74) is 3.00. The van der Waals surface area contributed by atoms with Gasteiger partial charge in [0.1, 0.15) is 24.7 Å². The van der Waals surface area contributed by atoms with Gasteiger partial charge in [-0.3, -0.25) is 9.69 Å². The molecule has 1 amide bonds. The summed E-state index contributed by atoms with van der Waals surface area (Å²) >= 11 is 0. The first-order chi connectivity index (χ1) is 14.2. The Bertz CT molecular complexity index is 975. The zero-order valence-electron chi connectivity index (χ0n) is 16.7. The van der Waals surface area contributed by atoms with E-state index < -0.39 is 6.67 Å². The van der Waals surface area contributed by atoms with Crippen molar-refractivity contribution in [3.05, 3.63) is 65.9 Å². The van der Waals surface area contributed by atoms with E-state index in [1.807, 2.05) is 71.1 Å². The molecule has 0 saturated carbocycles. The van der Waals surface area contributed by atoms with E-state index in [-0.39, 0.29) is 12.5 Å². The van der Waals surface area contributed by atoms with Crippen LogP contribution in [0.3, 0.4) is 0 Å². The van der Waals surface area contributed by atoms with Crippen LogP contribution in [0.25, 0.3) is 10.9 Å². The molecule has 2 heterocycles. The lowest BCUT2D eigenvalue weighted by Gasteiger charge is -2.34. The third-order valence-electron chi connectivity index (χ3n) is 5.51. The van der Waals surface area contributed by atoms with Crippen LogP contribution < -0.4 is 4.74 Å². The minimum atomic E-state index is -0.483. The number of halogens is 1. The van der Waals surface area contributed by atoms with Crippen molar-refractivity contribution in [2.75, 3.05) is 39.5 Å². The van der Waals surface area contributed by atoms with Crippen LogP contribution in [-0.4, -0.2) is 59.7 Å². The van der Waals surface area contributed by atoms with Crippen molar-refractivity contribution in [2.24, 2.45) is 7.05 Å². The van der Waals surface area contributed by atoms with E-state index in [1.54, 1.807) is 0 Å². The highest BCUT2D eigenvalue weighted by Gasteiger charge is 2.24. The molecule has 1 aliphatic heterocycles. The van der Waals surface area contributed by atoms with E-state index >= 15 is 0 Å². The average Bonchev–Trinajstić information content (AvgIpc) is 3.10. The van der Waals surface area contributed by atoms with Crippen LogP contribution in [0.4, 0.5) is 4.39 Å². The first-order valence-corrected chi connectivity index (χ1v) is 9.99. The molecule has 0 aliphatic carbocycles. The highest BCUT2D eigenvalue weighted by atomic mass is 19.1. The number of ether oxygens (including phenoxy) is 1. The second-order valence-corrected chi connectivity index (χ2v) is 7.40. The highest BCUT2D eigenvalue weighted by Crippen LogP contribution is 2.21. The van der Waals surface area contributed by atoms with Crippen LogP contribution in [0.2, 0.25) is 0 Å². The van der Waals surface area contributed by atoms with Crippen molar-refractivity contribution >= 4 is 16.8 Å². The van der Waals surface area contributed by atoms with Gasteiger partial charge in [0.05, 0.1) is 0 Å². The zero-order chi connectivity index (χ0) is 20.2. The topological polar surface area (TPSA) is 37.7 Å². The van der Waals surface area contributed by atoms with Crippen molar-refractivity contribution < 1.29 is 13.9 Å². The van der Waals surface area contributed by atoms with Crippen molar-refractivity contribution in [3.63, 3.8) is 0 Å². The molecule has 0 N–H and O–H groups in total. The molecule has 1 saturated heterocycles. The fraction of sp³-hybridized carbons (Fsp3) is 0.348. The molecule has 0 unspecified atom stereocenters. The Morgan fingerprint density at radius 1 is 1.03 bits per heavy atom. The summed E-state index contributed by atoms with van der Waals surface area (Å²) in [6, 6.07) is 17.8. The largest absolute Gasteiger partial charge is 0.491 e. The molecular formula is C23H26FN3O2. The minimum absolute atomic E-state index is 0.0893. The molecule has 0 spiro atoms. The lowest BCUT2D eigenvalue weighted by atomic mass is 10.2. The van der Waals surface area contributed by atoms with Gasteiger partial charge in [-0.05, 0) is 29.8 Å². The predicted molar refractivity (Wildman–Crippen MR) is 112 cm³/mol. The maximum absolute atomic E-state index is 13.0. The van der Waals surface area contributed by atoms with Gasteiger partial charge in [-0.2, -0.15) is 0 Å². The van der Waals surface area contributed by atoms with Crippen molar-refractivity contribution in [2.45, 2.75) is 6.54 Å². The van der Waals surface area contributed by atoms with Gasteiger partial charge < -0.3 is 14.2 Å². The van der Waals surface area contributed by atoms with E-state index in [9.17, 15) is 9.18 Å². The van der Waals surface area contributed by atoms with E-state index in [2.05, 4.69) is 4.90 Å². The predicted octanol–water partition coefficient (Wildman–Crippen LogP) is 3.48. The van der Waals surface area contributed by atoms with Crippen LogP contribution in [-0.2, 0) is 13.6 Å². The molecule has 2 aromatic carbocycles. The summed E-state index contributed by atoms with van der Waals surface area (Å²) in [4.78, 5) is 17.3. The molecule has 1 fully saturated rings. The molecule has 29 heavy (non-hydrogen) atoms. The number of aryl methyl sites for hydroxylation is 1. The van der Waals surface area contributed by atoms with Crippen LogP contribution in [0.1, 0.15) is 16.1 Å². The van der Waals surface area contributed by atoms with Gasteiger partial charge in [-0.15, -0.1) is 0 Å². The first-order valence-electron chi connectivity index (χ1n) is 9.99. The summed E-state index contributed by atoms with van der Waals surface area (Å²) in [5, 5.41) is 1.09. The maximum atomic E-state index is 13.0. The Balaban J connectivity index is 1.34. The van der Waals surface area contributed by atoms with Crippen molar-refractivity contribution in [1.82, 2.24) is 14.4 Å². The standard InChI is InChI=1S/C23H26FN3O2/c1-25-21-5-3-2-4-19(21)16-22(25)23(28)27-13-11-26(12-14-27)17-18-6-8-20(9-7-18)29-15-10-24/h2-9,16H,10-15,17H2,1H3. The number of carbonyl (C=O) groups is 1. The van der Waals surface area contributed by atoms with Gasteiger partial charge in [-0.1, -0.05) is 30.3 Å². The summed E-state index contributed by atoms with van der Waals surface area (Å²) in [5.74, 6) is 0.787. The van der Waals surface area contributed by atoms with Crippen molar-refractivity contribution in [1.29, 1.82) is 0 Å². The average molecular weight is 395 g/mol. The Kier molecular flexibility index (Phi) is 5.81.